The van der Waals surface area contributed by atoms with E-state index in [2.05, 4.69) is 21.4 Å². The van der Waals surface area contributed by atoms with Gasteiger partial charge in [0.25, 0.3) is 0 Å². The third kappa shape index (κ3) is 2.53. The number of carbonyl (C=O) groups excluding carboxylic acids is 1. The zero-order valence-electron chi connectivity index (χ0n) is 14.0. The lowest BCUT2D eigenvalue weighted by atomic mass is 10.1. The molecule has 2 saturated heterocycles. The van der Waals surface area contributed by atoms with Gasteiger partial charge >= 0.3 is 12.1 Å². The number of ether oxygens (including phenoxy) is 2. The highest BCUT2D eigenvalue weighted by Gasteiger charge is 2.49. The maximum atomic E-state index is 12.7. The van der Waals surface area contributed by atoms with Gasteiger partial charge in [0, 0.05) is 38.7 Å². The van der Waals surface area contributed by atoms with Crippen molar-refractivity contribution in [1.82, 2.24) is 19.8 Å². The minimum absolute atomic E-state index is 0.264. The number of carbonyl (C=O) groups is 1. The molecule has 1 aromatic heterocycles. The van der Waals surface area contributed by atoms with E-state index >= 15 is 0 Å². The van der Waals surface area contributed by atoms with Crippen LogP contribution in [0.1, 0.15) is 30.5 Å². The van der Waals surface area contributed by atoms with Crippen molar-refractivity contribution < 1.29 is 14.3 Å². The number of methoxy groups -OCH3 is 1. The van der Waals surface area contributed by atoms with E-state index in [4.69, 9.17) is 9.47 Å². The van der Waals surface area contributed by atoms with Crippen LogP contribution in [0.2, 0.25) is 0 Å². The fourth-order valence-corrected chi connectivity index (χ4v) is 3.97. The Hall–Kier alpha value is -2.15. The second-order valence-electron chi connectivity index (χ2n) is 6.77. The molecule has 0 aromatic carbocycles. The lowest BCUT2D eigenvalue weighted by Crippen LogP contribution is -2.47. The number of aromatic nitrogens is 2. The average molecular weight is 330 g/mol. The van der Waals surface area contributed by atoms with Crippen LogP contribution in [0.3, 0.4) is 0 Å². The molecule has 7 heteroatoms. The quantitative estimate of drug-likeness (QED) is 0.770. The first kappa shape index (κ1) is 15.4. The molecule has 3 aliphatic rings. The summed E-state index contributed by atoms with van der Waals surface area (Å²) in [6.07, 6.45) is 4.95. The smallest absolute Gasteiger partial charge is 0.411 e. The maximum Gasteiger partial charge on any atom is 0.411 e. The van der Waals surface area contributed by atoms with Crippen molar-refractivity contribution in [2.75, 3.05) is 26.7 Å². The predicted molar refractivity (Wildman–Crippen MR) is 86.5 cm³/mol. The maximum absolute atomic E-state index is 12.7. The van der Waals surface area contributed by atoms with Gasteiger partial charge in [-0.15, -0.1) is 0 Å². The summed E-state index contributed by atoms with van der Waals surface area (Å²) in [7, 11) is 1.54. The molecule has 2 fully saturated rings. The number of rotatable bonds is 2. The molecular weight excluding hydrogens is 308 g/mol. The molecule has 0 saturated carbocycles. The Morgan fingerprint density at radius 1 is 1.38 bits per heavy atom. The Bertz CT molecular complexity index is 692. The highest BCUT2D eigenvalue weighted by atomic mass is 16.6. The first-order valence-corrected chi connectivity index (χ1v) is 8.38. The van der Waals surface area contributed by atoms with E-state index in [1.165, 1.54) is 7.11 Å². The molecule has 0 bridgehead atoms. The van der Waals surface area contributed by atoms with Crippen molar-refractivity contribution in [3.8, 4) is 6.01 Å². The van der Waals surface area contributed by atoms with Gasteiger partial charge in [0.2, 0.25) is 0 Å². The Morgan fingerprint density at radius 3 is 3.08 bits per heavy atom. The fourth-order valence-electron chi connectivity index (χ4n) is 3.97. The molecule has 1 atom stereocenters. The van der Waals surface area contributed by atoms with Crippen LogP contribution in [-0.2, 0) is 17.7 Å². The van der Waals surface area contributed by atoms with Gasteiger partial charge in [0.05, 0.1) is 19.3 Å². The van der Waals surface area contributed by atoms with E-state index in [0.29, 0.717) is 19.1 Å². The second-order valence-corrected chi connectivity index (χ2v) is 6.77. The molecule has 24 heavy (non-hydrogen) atoms. The summed E-state index contributed by atoms with van der Waals surface area (Å²) in [6.45, 7) is 6.94. The second kappa shape index (κ2) is 5.73. The van der Waals surface area contributed by atoms with Gasteiger partial charge < -0.3 is 14.4 Å². The van der Waals surface area contributed by atoms with Crippen molar-refractivity contribution in [2.45, 2.75) is 38.0 Å². The van der Waals surface area contributed by atoms with Crippen LogP contribution in [0.15, 0.2) is 18.3 Å². The van der Waals surface area contributed by atoms with Crippen molar-refractivity contribution >= 4 is 6.09 Å². The molecule has 7 nitrogen and oxygen atoms in total. The van der Waals surface area contributed by atoms with Gasteiger partial charge in [0.1, 0.15) is 0 Å². The van der Waals surface area contributed by atoms with Gasteiger partial charge in [-0.25, -0.2) is 9.78 Å². The van der Waals surface area contributed by atoms with Crippen LogP contribution in [0.4, 0.5) is 4.79 Å². The summed E-state index contributed by atoms with van der Waals surface area (Å²) in [5, 5.41) is 0. The Kier molecular flexibility index (Phi) is 3.68. The van der Waals surface area contributed by atoms with Crippen LogP contribution in [0.5, 0.6) is 6.01 Å². The number of hydrogen-bond acceptors (Lipinski definition) is 6. The third-order valence-electron chi connectivity index (χ3n) is 5.15. The summed E-state index contributed by atoms with van der Waals surface area (Å²) in [5.74, 6) is 0. The molecule has 0 spiro atoms. The SMILES string of the molecule is C=C1CN2CCCC2(OC(=O)N2CCc3cnc(OC)nc3C2)C1. The Morgan fingerprint density at radius 2 is 2.25 bits per heavy atom. The molecule has 0 radical (unpaired) electrons. The number of fused-ring (bicyclic) bond motifs is 2. The lowest BCUT2D eigenvalue weighted by Gasteiger charge is -2.35. The van der Waals surface area contributed by atoms with Crippen molar-refractivity contribution in [3.05, 3.63) is 29.6 Å². The zero-order chi connectivity index (χ0) is 16.7. The van der Waals surface area contributed by atoms with Gasteiger partial charge in [-0.05, 0) is 18.4 Å². The summed E-state index contributed by atoms with van der Waals surface area (Å²) in [6, 6.07) is 0.330. The number of amides is 1. The van der Waals surface area contributed by atoms with E-state index < -0.39 is 5.72 Å². The highest BCUT2D eigenvalue weighted by molar-refractivity contribution is 5.68. The molecule has 4 heterocycles. The van der Waals surface area contributed by atoms with Crippen LogP contribution in [0.25, 0.3) is 0 Å². The minimum atomic E-state index is -0.474. The van der Waals surface area contributed by atoms with E-state index in [0.717, 1.165) is 55.6 Å². The molecule has 1 amide bonds. The average Bonchev–Trinajstić information content (AvgIpc) is 3.08. The van der Waals surface area contributed by atoms with Gasteiger partial charge in [-0.2, -0.15) is 4.98 Å². The van der Waals surface area contributed by atoms with E-state index in [1.807, 2.05) is 0 Å². The van der Waals surface area contributed by atoms with Crippen molar-refractivity contribution in [3.63, 3.8) is 0 Å². The molecule has 0 N–H and O–H groups in total. The van der Waals surface area contributed by atoms with Crippen molar-refractivity contribution in [1.29, 1.82) is 0 Å². The molecule has 4 rings (SSSR count). The molecule has 1 aromatic rings. The normalized spacial score (nSPS) is 26.2. The lowest BCUT2D eigenvalue weighted by molar-refractivity contribution is -0.0761. The Labute approximate surface area is 141 Å². The highest BCUT2D eigenvalue weighted by Crippen LogP contribution is 2.42. The molecule has 3 aliphatic heterocycles. The molecule has 0 aliphatic carbocycles. The topological polar surface area (TPSA) is 67.8 Å². The van der Waals surface area contributed by atoms with Gasteiger partial charge in [-0.1, -0.05) is 12.2 Å². The van der Waals surface area contributed by atoms with Crippen LogP contribution < -0.4 is 4.74 Å². The summed E-state index contributed by atoms with van der Waals surface area (Å²) in [4.78, 5) is 25.2. The van der Waals surface area contributed by atoms with Crippen molar-refractivity contribution in [2.24, 2.45) is 0 Å². The molecule has 128 valence electrons. The number of hydrogen-bond donors (Lipinski definition) is 0. The first-order chi connectivity index (χ1) is 11.6. The monoisotopic (exact) mass is 330 g/mol. The first-order valence-electron chi connectivity index (χ1n) is 8.38. The Balaban J connectivity index is 1.48. The van der Waals surface area contributed by atoms with E-state index in [9.17, 15) is 4.79 Å². The predicted octanol–water partition coefficient (Wildman–Crippen LogP) is 1.73. The van der Waals surface area contributed by atoms with Gasteiger partial charge in [0.15, 0.2) is 5.72 Å². The zero-order valence-corrected chi connectivity index (χ0v) is 14.0. The number of nitrogens with zero attached hydrogens (tertiary/aromatic N) is 4. The third-order valence-corrected chi connectivity index (χ3v) is 5.15. The minimum Gasteiger partial charge on any atom is -0.467 e. The van der Waals surface area contributed by atoms with Crippen LogP contribution >= 0.6 is 0 Å². The van der Waals surface area contributed by atoms with Gasteiger partial charge in [-0.3, -0.25) is 4.90 Å². The van der Waals surface area contributed by atoms with E-state index in [1.54, 1.807) is 11.1 Å². The standard InChI is InChI=1S/C17H22N4O3/c1-12-8-17(5-3-6-21(17)10-12)24-16(22)20-7-4-13-9-18-15(23-2)19-14(13)11-20/h9H,1,3-8,10-11H2,2H3. The largest absolute Gasteiger partial charge is 0.467 e. The summed E-state index contributed by atoms with van der Waals surface area (Å²) in [5.41, 5.74) is 2.57. The molecule has 1 unspecified atom stereocenters. The van der Waals surface area contributed by atoms with Crippen LogP contribution in [-0.4, -0.2) is 58.3 Å². The van der Waals surface area contributed by atoms with E-state index in [-0.39, 0.29) is 6.09 Å². The summed E-state index contributed by atoms with van der Waals surface area (Å²) < 4.78 is 11.1. The molecular formula is C17H22N4O3. The fraction of sp³-hybridized carbons (Fsp3) is 0.588. The summed E-state index contributed by atoms with van der Waals surface area (Å²) >= 11 is 0. The van der Waals surface area contributed by atoms with Crippen LogP contribution in [0, 0.1) is 0 Å².